The summed E-state index contributed by atoms with van der Waals surface area (Å²) < 4.78 is 13.5. The van der Waals surface area contributed by atoms with Gasteiger partial charge in [0.2, 0.25) is 0 Å². The van der Waals surface area contributed by atoms with E-state index in [1.165, 1.54) is 18.2 Å². The van der Waals surface area contributed by atoms with Crippen LogP contribution in [0.25, 0.3) is 0 Å². The van der Waals surface area contributed by atoms with Gasteiger partial charge in [-0.1, -0.05) is 19.4 Å². The van der Waals surface area contributed by atoms with Gasteiger partial charge in [0.15, 0.2) is 0 Å². The van der Waals surface area contributed by atoms with Gasteiger partial charge in [0.05, 0.1) is 10.5 Å². The van der Waals surface area contributed by atoms with Crippen LogP contribution in [0.3, 0.4) is 0 Å². The Morgan fingerprint density at radius 3 is 2.85 bits per heavy atom. The first-order valence-electron chi connectivity index (χ1n) is 6.41. The van der Waals surface area contributed by atoms with Crippen LogP contribution in [-0.2, 0) is 0 Å². The van der Waals surface area contributed by atoms with Gasteiger partial charge in [-0.05, 0) is 52.0 Å². The molecule has 2 rings (SSSR count). The highest BCUT2D eigenvalue weighted by Gasteiger charge is 2.16. The zero-order chi connectivity index (χ0) is 14.5. The minimum atomic E-state index is -0.370. The predicted molar refractivity (Wildman–Crippen MR) is 83.5 cm³/mol. The quantitative estimate of drug-likeness (QED) is 0.809. The van der Waals surface area contributed by atoms with E-state index < -0.39 is 0 Å². The van der Waals surface area contributed by atoms with E-state index in [1.807, 2.05) is 17.5 Å². The van der Waals surface area contributed by atoms with E-state index in [2.05, 4.69) is 28.2 Å². The number of hydrogen-bond donors (Lipinski definition) is 1. The van der Waals surface area contributed by atoms with Gasteiger partial charge >= 0.3 is 0 Å². The maximum atomic E-state index is 13.2. The number of amides is 1. The molecule has 0 bridgehead atoms. The molecule has 0 spiro atoms. The van der Waals surface area contributed by atoms with Crippen LogP contribution in [0.4, 0.5) is 4.39 Å². The number of hydrogen-bond acceptors (Lipinski definition) is 2. The molecule has 1 amide bonds. The molecule has 106 valence electrons. The lowest BCUT2D eigenvalue weighted by Crippen LogP contribution is -2.28. The monoisotopic (exact) mass is 355 g/mol. The second-order valence-corrected chi connectivity index (χ2v) is 6.29. The third kappa shape index (κ3) is 3.67. The molecule has 1 atom stereocenters. The summed E-state index contributed by atoms with van der Waals surface area (Å²) in [5.41, 5.74) is 0.455. The maximum Gasteiger partial charge on any atom is 0.251 e. The minimum absolute atomic E-state index is 0.0105. The summed E-state index contributed by atoms with van der Waals surface area (Å²) in [6.07, 6.45) is 1.87. The van der Waals surface area contributed by atoms with Crippen molar-refractivity contribution in [1.29, 1.82) is 0 Å². The zero-order valence-corrected chi connectivity index (χ0v) is 13.4. The first-order chi connectivity index (χ1) is 9.61. The average molecular weight is 356 g/mol. The van der Waals surface area contributed by atoms with Gasteiger partial charge in [-0.15, -0.1) is 11.3 Å². The molecular weight excluding hydrogens is 341 g/mol. The Labute approximate surface area is 130 Å². The molecular formula is C15H15BrFNOS. The summed E-state index contributed by atoms with van der Waals surface area (Å²) in [6.45, 7) is 2.08. The molecule has 2 aromatic rings. The van der Waals surface area contributed by atoms with Crippen molar-refractivity contribution in [2.24, 2.45) is 0 Å². The van der Waals surface area contributed by atoms with Gasteiger partial charge in [0.25, 0.3) is 5.91 Å². The van der Waals surface area contributed by atoms with Crippen molar-refractivity contribution < 1.29 is 9.18 Å². The summed E-state index contributed by atoms with van der Waals surface area (Å²) >= 11 is 4.73. The van der Waals surface area contributed by atoms with E-state index in [1.54, 1.807) is 11.3 Å². The Morgan fingerprint density at radius 1 is 1.45 bits per heavy atom. The molecule has 0 saturated carbocycles. The number of nitrogens with one attached hydrogen (secondary N) is 1. The summed E-state index contributed by atoms with van der Waals surface area (Å²) in [5.74, 6) is -0.553. The molecule has 1 aromatic carbocycles. The van der Waals surface area contributed by atoms with Crippen molar-refractivity contribution in [2.75, 3.05) is 0 Å². The molecule has 5 heteroatoms. The van der Waals surface area contributed by atoms with E-state index in [0.29, 0.717) is 10.0 Å². The van der Waals surface area contributed by atoms with Crippen molar-refractivity contribution in [1.82, 2.24) is 5.32 Å². The molecule has 0 aliphatic rings. The van der Waals surface area contributed by atoms with Gasteiger partial charge in [-0.3, -0.25) is 4.79 Å². The molecule has 0 aliphatic carbocycles. The lowest BCUT2D eigenvalue weighted by molar-refractivity contribution is 0.0935. The molecule has 0 radical (unpaired) electrons. The first-order valence-corrected chi connectivity index (χ1v) is 8.08. The van der Waals surface area contributed by atoms with Crippen LogP contribution in [0.2, 0.25) is 0 Å². The van der Waals surface area contributed by atoms with Crippen LogP contribution in [0.1, 0.15) is 41.0 Å². The average Bonchev–Trinajstić information content (AvgIpc) is 2.95. The summed E-state index contributed by atoms with van der Waals surface area (Å²) in [7, 11) is 0. The van der Waals surface area contributed by atoms with Crippen molar-refractivity contribution >= 4 is 33.2 Å². The largest absolute Gasteiger partial charge is 0.344 e. The highest BCUT2D eigenvalue weighted by molar-refractivity contribution is 9.10. The molecule has 0 fully saturated rings. The number of rotatable bonds is 5. The summed E-state index contributed by atoms with van der Waals surface area (Å²) in [6, 6.07) is 8.29. The van der Waals surface area contributed by atoms with Gasteiger partial charge in [0.1, 0.15) is 5.82 Å². The SMILES string of the molecule is CCCC(NC(=O)c1ccc(F)c(Br)c1)c1cccs1. The highest BCUT2D eigenvalue weighted by Crippen LogP contribution is 2.24. The maximum absolute atomic E-state index is 13.2. The van der Waals surface area contributed by atoms with E-state index >= 15 is 0 Å². The fourth-order valence-corrected chi connectivity index (χ4v) is 3.13. The van der Waals surface area contributed by atoms with Crippen molar-refractivity contribution in [3.8, 4) is 0 Å². The topological polar surface area (TPSA) is 29.1 Å². The van der Waals surface area contributed by atoms with E-state index in [0.717, 1.165) is 17.7 Å². The van der Waals surface area contributed by atoms with Crippen molar-refractivity contribution in [3.63, 3.8) is 0 Å². The number of carbonyl (C=O) groups is 1. The molecule has 1 aromatic heterocycles. The fourth-order valence-electron chi connectivity index (χ4n) is 1.94. The second-order valence-electron chi connectivity index (χ2n) is 4.46. The Balaban J connectivity index is 2.13. The Kier molecular flexibility index (Phi) is 5.31. The van der Waals surface area contributed by atoms with Crippen molar-refractivity contribution in [3.05, 3.63) is 56.4 Å². The molecule has 1 unspecified atom stereocenters. The lowest BCUT2D eigenvalue weighted by Gasteiger charge is -2.17. The number of carbonyl (C=O) groups excluding carboxylic acids is 1. The number of benzene rings is 1. The number of thiophene rings is 1. The molecule has 2 nitrogen and oxygen atoms in total. The Hall–Kier alpha value is -1.20. The number of halogens is 2. The molecule has 0 aliphatic heterocycles. The summed E-state index contributed by atoms with van der Waals surface area (Å²) in [5, 5.41) is 5.01. The Morgan fingerprint density at radius 2 is 2.25 bits per heavy atom. The highest BCUT2D eigenvalue weighted by atomic mass is 79.9. The van der Waals surface area contributed by atoms with Crippen LogP contribution in [-0.4, -0.2) is 5.91 Å². The van der Waals surface area contributed by atoms with Gasteiger partial charge < -0.3 is 5.32 Å². The zero-order valence-electron chi connectivity index (χ0n) is 11.0. The smallest absolute Gasteiger partial charge is 0.251 e. The van der Waals surface area contributed by atoms with E-state index in [9.17, 15) is 9.18 Å². The first kappa shape index (κ1) is 15.2. The van der Waals surface area contributed by atoms with Crippen LogP contribution >= 0.6 is 27.3 Å². The standard InChI is InChI=1S/C15H15BrFNOS/c1-2-4-13(14-5-3-8-20-14)18-15(19)10-6-7-12(17)11(16)9-10/h3,5-9,13H,2,4H2,1H3,(H,18,19). The molecule has 0 saturated heterocycles. The second kappa shape index (κ2) is 6.99. The normalized spacial score (nSPS) is 12.2. The van der Waals surface area contributed by atoms with Crippen molar-refractivity contribution in [2.45, 2.75) is 25.8 Å². The Bertz CT molecular complexity index is 586. The van der Waals surface area contributed by atoms with Gasteiger partial charge in [-0.2, -0.15) is 0 Å². The third-order valence-electron chi connectivity index (χ3n) is 2.95. The minimum Gasteiger partial charge on any atom is -0.344 e. The van der Waals surface area contributed by atoms with Crippen LogP contribution in [0, 0.1) is 5.82 Å². The van der Waals surface area contributed by atoms with E-state index in [-0.39, 0.29) is 17.8 Å². The van der Waals surface area contributed by atoms with Crippen LogP contribution in [0.5, 0.6) is 0 Å². The summed E-state index contributed by atoms with van der Waals surface area (Å²) in [4.78, 5) is 13.4. The molecule has 1 heterocycles. The van der Waals surface area contributed by atoms with Crippen LogP contribution < -0.4 is 5.32 Å². The van der Waals surface area contributed by atoms with Crippen LogP contribution in [0.15, 0.2) is 40.2 Å². The van der Waals surface area contributed by atoms with Gasteiger partial charge in [0, 0.05) is 10.4 Å². The molecule has 1 N–H and O–H groups in total. The third-order valence-corrected chi connectivity index (χ3v) is 4.54. The molecule has 20 heavy (non-hydrogen) atoms. The van der Waals surface area contributed by atoms with Gasteiger partial charge in [-0.25, -0.2) is 4.39 Å². The lowest BCUT2D eigenvalue weighted by atomic mass is 10.1. The predicted octanol–water partition coefficient (Wildman–Crippen LogP) is 4.92. The fraction of sp³-hybridized carbons (Fsp3) is 0.267. The van der Waals surface area contributed by atoms with E-state index in [4.69, 9.17) is 0 Å².